The van der Waals surface area contributed by atoms with E-state index in [0.29, 0.717) is 0 Å². The summed E-state index contributed by atoms with van der Waals surface area (Å²) in [6.45, 7) is 6.02. The minimum atomic E-state index is 0.802. The van der Waals surface area contributed by atoms with Gasteiger partial charge in [0.2, 0.25) is 0 Å². The van der Waals surface area contributed by atoms with Gasteiger partial charge in [-0.15, -0.1) is 0 Å². The van der Waals surface area contributed by atoms with Gasteiger partial charge in [-0.05, 0) is 51.3 Å². The van der Waals surface area contributed by atoms with Gasteiger partial charge >= 0.3 is 0 Å². The van der Waals surface area contributed by atoms with E-state index in [4.69, 9.17) is 0 Å². The van der Waals surface area contributed by atoms with E-state index < -0.39 is 0 Å². The lowest BCUT2D eigenvalue weighted by Gasteiger charge is -2.39. The molecule has 3 rings (SSSR count). The first kappa shape index (κ1) is 12.0. The van der Waals surface area contributed by atoms with Crippen molar-refractivity contribution in [3.8, 4) is 0 Å². The summed E-state index contributed by atoms with van der Waals surface area (Å²) >= 11 is 0. The van der Waals surface area contributed by atoms with Crippen molar-refractivity contribution in [1.29, 1.82) is 0 Å². The Balaban J connectivity index is 1.58. The van der Waals surface area contributed by atoms with E-state index in [0.717, 1.165) is 31.0 Å². The number of nitrogens with zero attached hydrogens (tertiary/aromatic N) is 3. The number of hydrogen-bond acceptors (Lipinski definition) is 3. The number of rotatable bonds is 2. The summed E-state index contributed by atoms with van der Waals surface area (Å²) in [7, 11) is 0. The Morgan fingerprint density at radius 2 is 1.94 bits per heavy atom. The number of aromatic nitrogens is 1. The lowest BCUT2D eigenvalue weighted by Crippen LogP contribution is -2.46. The molecule has 2 aliphatic rings. The molecule has 0 aromatic carbocycles. The molecular weight excluding hydrogens is 222 g/mol. The summed E-state index contributed by atoms with van der Waals surface area (Å²) in [4.78, 5) is 9.61. The highest BCUT2D eigenvalue weighted by atomic mass is 15.2. The predicted octanol–water partition coefficient (Wildman–Crippen LogP) is 2.53. The van der Waals surface area contributed by atoms with Crippen LogP contribution in [0.25, 0.3) is 0 Å². The van der Waals surface area contributed by atoms with Gasteiger partial charge in [0, 0.05) is 31.4 Å². The third-order valence-electron chi connectivity index (χ3n) is 4.51. The summed E-state index contributed by atoms with van der Waals surface area (Å²) < 4.78 is 0. The quantitative estimate of drug-likeness (QED) is 0.798. The van der Waals surface area contributed by atoms with Crippen LogP contribution in [-0.2, 0) is 0 Å². The average molecular weight is 245 g/mol. The first-order valence-electron chi connectivity index (χ1n) is 7.26. The Morgan fingerprint density at radius 1 is 1.11 bits per heavy atom. The molecule has 3 nitrogen and oxygen atoms in total. The summed E-state index contributed by atoms with van der Waals surface area (Å²) in [6, 6.07) is 7.80. The molecule has 2 fully saturated rings. The van der Waals surface area contributed by atoms with Crippen molar-refractivity contribution in [1.82, 2.24) is 9.88 Å². The van der Waals surface area contributed by atoms with Crippen molar-refractivity contribution >= 4 is 5.82 Å². The van der Waals surface area contributed by atoms with Crippen LogP contribution in [-0.4, -0.2) is 41.6 Å². The van der Waals surface area contributed by atoms with Crippen LogP contribution < -0.4 is 4.90 Å². The molecular formula is C15H23N3. The van der Waals surface area contributed by atoms with Gasteiger partial charge < -0.3 is 4.90 Å². The van der Waals surface area contributed by atoms with Crippen molar-refractivity contribution in [2.24, 2.45) is 0 Å². The van der Waals surface area contributed by atoms with Crippen LogP contribution in [0.2, 0.25) is 0 Å². The highest BCUT2D eigenvalue weighted by Gasteiger charge is 2.30. The summed E-state index contributed by atoms with van der Waals surface area (Å²) in [5.74, 6) is 1.14. The smallest absolute Gasteiger partial charge is 0.128 e. The molecule has 1 aromatic rings. The fourth-order valence-corrected chi connectivity index (χ4v) is 3.47. The highest BCUT2D eigenvalue weighted by Crippen LogP contribution is 2.26. The Morgan fingerprint density at radius 3 is 2.56 bits per heavy atom. The molecule has 98 valence electrons. The molecule has 0 amide bonds. The molecule has 3 heterocycles. The molecule has 18 heavy (non-hydrogen) atoms. The number of piperidine rings is 1. The second kappa shape index (κ2) is 5.27. The molecule has 0 radical (unpaired) electrons. The van der Waals surface area contributed by atoms with Crippen molar-refractivity contribution in [2.75, 3.05) is 24.5 Å². The molecule has 0 bridgehead atoms. The maximum Gasteiger partial charge on any atom is 0.128 e. The van der Waals surface area contributed by atoms with Crippen molar-refractivity contribution in [3.05, 3.63) is 24.4 Å². The van der Waals surface area contributed by atoms with E-state index in [1.54, 1.807) is 0 Å². The molecule has 0 aliphatic carbocycles. The number of pyridine rings is 1. The van der Waals surface area contributed by atoms with Gasteiger partial charge in [-0.3, -0.25) is 4.90 Å². The molecule has 1 atom stereocenters. The summed E-state index contributed by atoms with van der Waals surface area (Å²) in [5, 5.41) is 0. The number of hydrogen-bond donors (Lipinski definition) is 0. The largest absolute Gasteiger partial charge is 0.357 e. The fourth-order valence-electron chi connectivity index (χ4n) is 3.47. The van der Waals surface area contributed by atoms with Gasteiger partial charge in [-0.2, -0.15) is 0 Å². The van der Waals surface area contributed by atoms with E-state index >= 15 is 0 Å². The van der Waals surface area contributed by atoms with E-state index in [1.807, 2.05) is 12.3 Å². The van der Waals surface area contributed by atoms with E-state index in [2.05, 4.69) is 33.8 Å². The van der Waals surface area contributed by atoms with Crippen LogP contribution in [0, 0.1) is 0 Å². The minimum Gasteiger partial charge on any atom is -0.357 e. The minimum absolute atomic E-state index is 0.802. The standard InChI is InChI=1S/C15H23N3/c1-13-5-4-10-18(13)14-7-11-17(12-8-14)15-6-2-3-9-16-15/h2-3,6,9,13-14H,4-5,7-8,10-12H2,1H3. The van der Waals surface area contributed by atoms with Crippen molar-refractivity contribution in [3.63, 3.8) is 0 Å². The Labute approximate surface area is 110 Å². The zero-order valence-electron chi connectivity index (χ0n) is 11.3. The van der Waals surface area contributed by atoms with Crippen LogP contribution in [0.3, 0.4) is 0 Å². The fraction of sp³-hybridized carbons (Fsp3) is 0.667. The first-order valence-corrected chi connectivity index (χ1v) is 7.26. The van der Waals surface area contributed by atoms with Gasteiger partial charge in [-0.1, -0.05) is 6.07 Å². The Kier molecular flexibility index (Phi) is 3.50. The summed E-state index contributed by atoms with van der Waals surface area (Å²) in [5.41, 5.74) is 0. The van der Waals surface area contributed by atoms with Gasteiger partial charge in [0.05, 0.1) is 0 Å². The van der Waals surface area contributed by atoms with Gasteiger partial charge in [0.15, 0.2) is 0 Å². The second-order valence-electron chi connectivity index (χ2n) is 5.64. The lowest BCUT2D eigenvalue weighted by molar-refractivity contribution is 0.163. The molecule has 1 unspecified atom stereocenters. The van der Waals surface area contributed by atoms with Gasteiger partial charge in [0.1, 0.15) is 5.82 Å². The van der Waals surface area contributed by atoms with E-state index in [-0.39, 0.29) is 0 Å². The van der Waals surface area contributed by atoms with Crippen LogP contribution in [0.5, 0.6) is 0 Å². The predicted molar refractivity (Wildman–Crippen MR) is 74.9 cm³/mol. The maximum absolute atomic E-state index is 4.45. The van der Waals surface area contributed by atoms with Gasteiger partial charge in [0.25, 0.3) is 0 Å². The number of likely N-dealkylation sites (tertiary alicyclic amines) is 1. The Bertz CT molecular complexity index is 371. The van der Waals surface area contributed by atoms with E-state index in [9.17, 15) is 0 Å². The third-order valence-corrected chi connectivity index (χ3v) is 4.51. The van der Waals surface area contributed by atoms with E-state index in [1.165, 1.54) is 32.2 Å². The second-order valence-corrected chi connectivity index (χ2v) is 5.64. The lowest BCUT2D eigenvalue weighted by atomic mass is 10.0. The van der Waals surface area contributed by atoms with Crippen LogP contribution in [0.1, 0.15) is 32.6 Å². The van der Waals surface area contributed by atoms with Crippen LogP contribution >= 0.6 is 0 Å². The average Bonchev–Trinajstić information content (AvgIpc) is 2.86. The zero-order chi connectivity index (χ0) is 12.4. The molecule has 2 saturated heterocycles. The molecule has 0 N–H and O–H groups in total. The molecule has 0 spiro atoms. The number of anilines is 1. The van der Waals surface area contributed by atoms with Crippen molar-refractivity contribution in [2.45, 2.75) is 44.7 Å². The van der Waals surface area contributed by atoms with Crippen LogP contribution in [0.15, 0.2) is 24.4 Å². The van der Waals surface area contributed by atoms with Crippen molar-refractivity contribution < 1.29 is 0 Å². The normalized spacial score (nSPS) is 26.7. The third kappa shape index (κ3) is 2.37. The molecule has 1 aromatic heterocycles. The zero-order valence-corrected chi connectivity index (χ0v) is 11.3. The highest BCUT2D eigenvalue weighted by molar-refractivity contribution is 5.38. The molecule has 0 saturated carbocycles. The molecule has 3 heteroatoms. The maximum atomic E-state index is 4.45. The SMILES string of the molecule is CC1CCCN1C1CCN(c2ccccn2)CC1. The Hall–Kier alpha value is -1.09. The summed E-state index contributed by atoms with van der Waals surface area (Å²) in [6.07, 6.45) is 7.26. The van der Waals surface area contributed by atoms with Crippen LogP contribution in [0.4, 0.5) is 5.82 Å². The monoisotopic (exact) mass is 245 g/mol. The molecule has 2 aliphatic heterocycles. The van der Waals surface area contributed by atoms with Gasteiger partial charge in [-0.25, -0.2) is 4.98 Å². The first-order chi connectivity index (χ1) is 8.84. The topological polar surface area (TPSA) is 19.4 Å².